The molecule has 0 aliphatic carbocycles. The van der Waals surface area contributed by atoms with Gasteiger partial charge in [-0.3, -0.25) is 9.59 Å². The maximum Gasteiger partial charge on any atom is 0.295 e. The summed E-state index contributed by atoms with van der Waals surface area (Å²) in [5.74, 6) is -1.58. The Hall–Kier alpha value is -2.63. The fourth-order valence-corrected chi connectivity index (χ4v) is 3.27. The highest BCUT2D eigenvalue weighted by molar-refractivity contribution is 6.46. The van der Waals surface area contributed by atoms with Crippen LogP contribution in [0, 0.1) is 0 Å². The number of rotatable bonds is 5. The quantitative estimate of drug-likeness (QED) is 0.497. The number of benzene rings is 2. The van der Waals surface area contributed by atoms with Gasteiger partial charge in [0.2, 0.25) is 0 Å². The molecule has 0 unspecified atom stereocenters. The topological polar surface area (TPSA) is 66.8 Å². The molecule has 1 saturated heterocycles. The maximum absolute atomic E-state index is 12.7. The summed E-state index contributed by atoms with van der Waals surface area (Å²) >= 11 is 6.10. The van der Waals surface area contributed by atoms with E-state index in [1.54, 1.807) is 48.5 Å². The molecule has 1 aliphatic rings. The van der Waals surface area contributed by atoms with Crippen LogP contribution < -0.4 is 0 Å². The summed E-state index contributed by atoms with van der Waals surface area (Å²) in [5, 5.41) is 11.3. The molecule has 1 N–H and O–H groups in total. The first kappa shape index (κ1) is 18.2. The molecule has 3 rings (SSSR count). The summed E-state index contributed by atoms with van der Waals surface area (Å²) in [4.78, 5) is 26.7. The van der Waals surface area contributed by atoms with Crippen LogP contribution in [0.2, 0.25) is 5.02 Å². The lowest BCUT2D eigenvalue weighted by atomic mass is 9.95. The predicted molar refractivity (Wildman–Crippen MR) is 98.8 cm³/mol. The summed E-state index contributed by atoms with van der Waals surface area (Å²) in [7, 11) is 1.52. The number of Topliss-reactive ketones (excluding diaryl/α,β-unsaturated/α-hetero) is 1. The van der Waals surface area contributed by atoms with Crippen molar-refractivity contribution in [1.29, 1.82) is 0 Å². The van der Waals surface area contributed by atoms with E-state index < -0.39 is 17.7 Å². The van der Waals surface area contributed by atoms with E-state index >= 15 is 0 Å². The van der Waals surface area contributed by atoms with Gasteiger partial charge in [0.1, 0.15) is 5.76 Å². The highest BCUT2D eigenvalue weighted by Gasteiger charge is 2.45. The number of nitrogens with zero attached hydrogens (tertiary/aromatic N) is 1. The molecule has 2 aromatic rings. The van der Waals surface area contributed by atoms with Crippen molar-refractivity contribution in [1.82, 2.24) is 4.90 Å². The zero-order valence-electron chi connectivity index (χ0n) is 14.2. The van der Waals surface area contributed by atoms with Gasteiger partial charge >= 0.3 is 0 Å². The normalized spacial score (nSPS) is 19.2. The molecule has 0 bridgehead atoms. The summed E-state index contributed by atoms with van der Waals surface area (Å²) in [6.07, 6.45) is 0. The van der Waals surface area contributed by atoms with E-state index in [4.69, 9.17) is 16.3 Å². The van der Waals surface area contributed by atoms with Crippen molar-refractivity contribution >= 4 is 29.1 Å². The van der Waals surface area contributed by atoms with Gasteiger partial charge in [-0.2, -0.15) is 0 Å². The first-order chi connectivity index (χ1) is 12.5. The number of carbonyl (C=O) groups excluding carboxylic acids is 2. The van der Waals surface area contributed by atoms with Crippen molar-refractivity contribution in [3.63, 3.8) is 0 Å². The monoisotopic (exact) mass is 371 g/mol. The number of ether oxygens (including phenoxy) is 1. The molecule has 0 spiro atoms. The van der Waals surface area contributed by atoms with Crippen molar-refractivity contribution in [2.75, 3.05) is 20.3 Å². The van der Waals surface area contributed by atoms with E-state index in [0.29, 0.717) is 16.1 Å². The van der Waals surface area contributed by atoms with Gasteiger partial charge in [-0.1, -0.05) is 54.1 Å². The molecule has 0 aromatic heterocycles. The highest BCUT2D eigenvalue weighted by Crippen LogP contribution is 2.39. The van der Waals surface area contributed by atoms with Crippen molar-refractivity contribution in [3.05, 3.63) is 76.3 Å². The molecular formula is C20H18ClNO4. The number of carbonyl (C=O) groups is 2. The first-order valence-corrected chi connectivity index (χ1v) is 8.50. The molecule has 134 valence electrons. The number of amides is 1. The molecule has 6 heteroatoms. The number of methoxy groups -OCH3 is 1. The van der Waals surface area contributed by atoms with Crippen LogP contribution in [-0.2, 0) is 14.3 Å². The van der Waals surface area contributed by atoms with Crippen LogP contribution >= 0.6 is 11.6 Å². The van der Waals surface area contributed by atoms with Gasteiger partial charge in [-0.05, 0) is 17.7 Å². The van der Waals surface area contributed by atoms with Crippen LogP contribution in [0.4, 0.5) is 0 Å². The van der Waals surface area contributed by atoms with Crippen molar-refractivity contribution < 1.29 is 19.4 Å². The van der Waals surface area contributed by atoms with E-state index in [0.717, 1.165) is 0 Å². The zero-order valence-corrected chi connectivity index (χ0v) is 14.9. The smallest absolute Gasteiger partial charge is 0.295 e. The summed E-state index contributed by atoms with van der Waals surface area (Å²) < 4.78 is 5.07. The molecule has 26 heavy (non-hydrogen) atoms. The number of aliphatic hydroxyl groups excluding tert-OH is 1. The minimum Gasteiger partial charge on any atom is -0.507 e. The van der Waals surface area contributed by atoms with Crippen LogP contribution in [0.1, 0.15) is 17.2 Å². The third-order valence-electron chi connectivity index (χ3n) is 4.29. The third kappa shape index (κ3) is 3.36. The van der Waals surface area contributed by atoms with Gasteiger partial charge in [-0.15, -0.1) is 0 Å². The Bertz CT molecular complexity index is 863. The third-order valence-corrected chi connectivity index (χ3v) is 4.52. The second kappa shape index (κ2) is 7.72. The van der Waals surface area contributed by atoms with Gasteiger partial charge in [0.05, 0.1) is 18.2 Å². The summed E-state index contributed by atoms with van der Waals surface area (Å²) in [6.45, 7) is 0.499. The van der Waals surface area contributed by atoms with E-state index in [1.807, 2.05) is 6.07 Å². The Morgan fingerprint density at radius 1 is 1.15 bits per heavy atom. The molecule has 5 nitrogen and oxygen atoms in total. The zero-order chi connectivity index (χ0) is 18.7. The van der Waals surface area contributed by atoms with E-state index in [-0.39, 0.29) is 24.5 Å². The Morgan fingerprint density at radius 2 is 1.88 bits per heavy atom. The molecule has 1 aliphatic heterocycles. The fraction of sp³-hybridized carbons (Fsp3) is 0.200. The second-order valence-corrected chi connectivity index (χ2v) is 6.34. The Morgan fingerprint density at radius 3 is 2.54 bits per heavy atom. The molecule has 0 radical (unpaired) electrons. The summed E-state index contributed by atoms with van der Waals surface area (Å²) in [6, 6.07) is 14.9. The lowest BCUT2D eigenvalue weighted by Gasteiger charge is -2.25. The maximum atomic E-state index is 12.7. The lowest BCUT2D eigenvalue weighted by molar-refractivity contribution is -0.140. The molecule has 1 fully saturated rings. The van der Waals surface area contributed by atoms with Crippen LogP contribution in [0.3, 0.4) is 0 Å². The molecule has 2 aromatic carbocycles. The van der Waals surface area contributed by atoms with Crippen LogP contribution in [0.15, 0.2) is 60.2 Å². The predicted octanol–water partition coefficient (Wildman–Crippen LogP) is 3.41. The molecular weight excluding hydrogens is 354 g/mol. The van der Waals surface area contributed by atoms with Gasteiger partial charge in [0, 0.05) is 24.2 Å². The van der Waals surface area contributed by atoms with Crippen molar-refractivity contribution in [3.8, 4) is 0 Å². The fourth-order valence-electron chi connectivity index (χ4n) is 3.08. The van der Waals surface area contributed by atoms with Gasteiger partial charge in [0.25, 0.3) is 11.7 Å². The number of halogens is 1. The minimum absolute atomic E-state index is 0.0552. The average molecular weight is 372 g/mol. The number of aliphatic hydroxyl groups is 1. The van der Waals surface area contributed by atoms with Crippen LogP contribution in [0.25, 0.3) is 5.76 Å². The van der Waals surface area contributed by atoms with Crippen molar-refractivity contribution in [2.24, 2.45) is 0 Å². The van der Waals surface area contributed by atoms with E-state index in [2.05, 4.69) is 0 Å². The SMILES string of the molecule is COCCN1C(=O)C(=O)C(=C(O)c2ccccc2)[C@H]1c1cccc(Cl)c1. The minimum atomic E-state index is -0.718. The molecule has 1 heterocycles. The number of hydrogen-bond donors (Lipinski definition) is 1. The Balaban J connectivity index is 2.16. The largest absolute Gasteiger partial charge is 0.507 e. The van der Waals surface area contributed by atoms with E-state index in [1.165, 1.54) is 12.0 Å². The van der Waals surface area contributed by atoms with Gasteiger partial charge in [0.15, 0.2) is 0 Å². The average Bonchev–Trinajstić information content (AvgIpc) is 2.91. The molecule has 1 amide bonds. The van der Waals surface area contributed by atoms with Gasteiger partial charge in [-0.25, -0.2) is 0 Å². The van der Waals surface area contributed by atoms with E-state index in [9.17, 15) is 14.7 Å². The second-order valence-electron chi connectivity index (χ2n) is 5.91. The van der Waals surface area contributed by atoms with Crippen LogP contribution in [-0.4, -0.2) is 42.0 Å². The highest BCUT2D eigenvalue weighted by atomic mass is 35.5. The van der Waals surface area contributed by atoms with Crippen LogP contribution in [0.5, 0.6) is 0 Å². The molecule has 1 atom stereocenters. The molecule has 0 saturated carbocycles. The summed E-state index contributed by atoms with van der Waals surface area (Å²) in [5.41, 5.74) is 1.19. The first-order valence-electron chi connectivity index (χ1n) is 8.13. The Kier molecular flexibility index (Phi) is 5.40. The number of ketones is 1. The number of likely N-dealkylation sites (tertiary alicyclic amines) is 1. The van der Waals surface area contributed by atoms with Gasteiger partial charge < -0.3 is 14.7 Å². The number of hydrogen-bond acceptors (Lipinski definition) is 4. The Labute approximate surface area is 156 Å². The lowest BCUT2D eigenvalue weighted by Crippen LogP contribution is -2.32. The van der Waals surface area contributed by atoms with Crippen molar-refractivity contribution in [2.45, 2.75) is 6.04 Å². The standard InChI is InChI=1S/C20H18ClNO4/c1-26-11-10-22-17(14-8-5-9-15(21)12-14)16(19(24)20(22)25)18(23)13-6-3-2-4-7-13/h2-9,12,17,23H,10-11H2,1H3/t17-/m1/s1.